The Bertz CT molecular complexity index is 579. The molecule has 4 heteroatoms. The van der Waals surface area contributed by atoms with Crippen molar-refractivity contribution in [2.45, 2.75) is 6.92 Å². The average molecular weight is 309 g/mol. The van der Waals surface area contributed by atoms with Gasteiger partial charge in [-0.1, -0.05) is 0 Å². The third-order valence-corrected chi connectivity index (χ3v) is 3.00. The van der Waals surface area contributed by atoms with Gasteiger partial charge in [-0.05, 0) is 65.3 Å². The summed E-state index contributed by atoms with van der Waals surface area (Å²) in [5, 5.41) is 0. The Morgan fingerprint density at radius 1 is 1.17 bits per heavy atom. The maximum absolute atomic E-state index is 12.9. The van der Waals surface area contributed by atoms with E-state index in [-0.39, 0.29) is 11.6 Å². The van der Waals surface area contributed by atoms with Crippen LogP contribution in [-0.4, -0.2) is 5.78 Å². The second-order valence-corrected chi connectivity index (χ2v) is 4.61. The van der Waals surface area contributed by atoms with Crippen LogP contribution in [0.15, 0.2) is 46.9 Å². The van der Waals surface area contributed by atoms with Gasteiger partial charge in [-0.2, -0.15) is 0 Å². The summed E-state index contributed by atoms with van der Waals surface area (Å²) < 4.78 is 19.0. The SMILES string of the molecule is CC(=O)c1ccc(Oc2ccc(F)cc2Br)cc1. The van der Waals surface area contributed by atoms with Crippen molar-refractivity contribution >= 4 is 21.7 Å². The molecule has 92 valence electrons. The smallest absolute Gasteiger partial charge is 0.159 e. The van der Waals surface area contributed by atoms with Gasteiger partial charge < -0.3 is 4.74 Å². The predicted octanol–water partition coefficient (Wildman–Crippen LogP) is 4.58. The van der Waals surface area contributed by atoms with Gasteiger partial charge in [0.1, 0.15) is 17.3 Å². The van der Waals surface area contributed by atoms with Crippen LogP contribution in [0.5, 0.6) is 11.5 Å². The van der Waals surface area contributed by atoms with Crippen LogP contribution >= 0.6 is 15.9 Å². The molecule has 2 aromatic rings. The fraction of sp³-hybridized carbons (Fsp3) is 0.0714. The number of hydrogen-bond acceptors (Lipinski definition) is 2. The van der Waals surface area contributed by atoms with Gasteiger partial charge in [-0.15, -0.1) is 0 Å². The zero-order valence-electron chi connectivity index (χ0n) is 9.61. The summed E-state index contributed by atoms with van der Waals surface area (Å²) in [6.07, 6.45) is 0. The molecule has 0 atom stereocenters. The van der Waals surface area contributed by atoms with E-state index in [1.165, 1.54) is 25.1 Å². The van der Waals surface area contributed by atoms with Gasteiger partial charge in [-0.25, -0.2) is 4.39 Å². The normalized spacial score (nSPS) is 10.2. The summed E-state index contributed by atoms with van der Waals surface area (Å²) in [5.41, 5.74) is 0.625. The maximum atomic E-state index is 12.9. The number of hydrogen-bond donors (Lipinski definition) is 0. The highest BCUT2D eigenvalue weighted by atomic mass is 79.9. The Labute approximate surface area is 113 Å². The first kappa shape index (κ1) is 12.8. The van der Waals surface area contributed by atoms with Crippen LogP contribution in [0.25, 0.3) is 0 Å². The van der Waals surface area contributed by atoms with Gasteiger partial charge in [0.25, 0.3) is 0 Å². The number of rotatable bonds is 3. The maximum Gasteiger partial charge on any atom is 0.159 e. The van der Waals surface area contributed by atoms with Crippen LogP contribution in [0.1, 0.15) is 17.3 Å². The molecule has 0 saturated carbocycles. The van der Waals surface area contributed by atoms with Crippen molar-refractivity contribution in [2.75, 3.05) is 0 Å². The molecule has 0 unspecified atom stereocenters. The van der Waals surface area contributed by atoms with E-state index >= 15 is 0 Å². The highest BCUT2D eigenvalue weighted by Crippen LogP contribution is 2.30. The van der Waals surface area contributed by atoms with Crippen LogP contribution in [0.3, 0.4) is 0 Å². The molecule has 0 radical (unpaired) electrons. The van der Waals surface area contributed by atoms with Crippen molar-refractivity contribution in [1.29, 1.82) is 0 Å². The zero-order valence-corrected chi connectivity index (χ0v) is 11.2. The van der Waals surface area contributed by atoms with Crippen molar-refractivity contribution in [3.63, 3.8) is 0 Å². The van der Waals surface area contributed by atoms with Crippen molar-refractivity contribution < 1.29 is 13.9 Å². The minimum Gasteiger partial charge on any atom is -0.456 e. The summed E-state index contributed by atoms with van der Waals surface area (Å²) in [4.78, 5) is 11.1. The molecule has 0 aliphatic carbocycles. The van der Waals surface area contributed by atoms with Gasteiger partial charge in [0.05, 0.1) is 4.47 Å². The number of carbonyl (C=O) groups is 1. The Hall–Kier alpha value is -1.68. The Kier molecular flexibility index (Phi) is 3.77. The Balaban J connectivity index is 2.21. The third-order valence-electron chi connectivity index (χ3n) is 2.38. The molecular weight excluding hydrogens is 299 g/mol. The minimum atomic E-state index is -0.332. The largest absolute Gasteiger partial charge is 0.456 e. The molecule has 0 heterocycles. The number of halogens is 2. The topological polar surface area (TPSA) is 26.3 Å². The lowest BCUT2D eigenvalue weighted by molar-refractivity contribution is 0.101. The molecule has 2 nitrogen and oxygen atoms in total. The van der Waals surface area contributed by atoms with Gasteiger partial charge in [0.15, 0.2) is 5.78 Å². The molecule has 0 fully saturated rings. The third kappa shape index (κ3) is 2.96. The highest BCUT2D eigenvalue weighted by molar-refractivity contribution is 9.10. The predicted molar refractivity (Wildman–Crippen MR) is 70.6 cm³/mol. The van der Waals surface area contributed by atoms with E-state index in [1.807, 2.05) is 0 Å². The zero-order chi connectivity index (χ0) is 13.1. The lowest BCUT2D eigenvalue weighted by atomic mass is 10.1. The lowest BCUT2D eigenvalue weighted by Crippen LogP contribution is -1.92. The first-order valence-corrected chi connectivity index (χ1v) is 6.09. The molecular formula is C14H10BrFO2. The van der Waals surface area contributed by atoms with Crippen LogP contribution < -0.4 is 4.74 Å². The minimum absolute atomic E-state index is 0.00418. The number of ether oxygens (including phenoxy) is 1. The monoisotopic (exact) mass is 308 g/mol. The summed E-state index contributed by atoms with van der Waals surface area (Å²) in [6.45, 7) is 1.51. The molecule has 0 aliphatic heterocycles. The van der Waals surface area contributed by atoms with E-state index < -0.39 is 0 Å². The summed E-state index contributed by atoms with van der Waals surface area (Å²) in [5.74, 6) is 0.782. The average Bonchev–Trinajstić information content (AvgIpc) is 2.33. The van der Waals surface area contributed by atoms with Crippen molar-refractivity contribution in [1.82, 2.24) is 0 Å². The van der Waals surface area contributed by atoms with Crippen LogP contribution in [-0.2, 0) is 0 Å². The van der Waals surface area contributed by atoms with Crippen molar-refractivity contribution in [3.05, 3.63) is 58.3 Å². The molecule has 2 rings (SSSR count). The molecule has 0 bridgehead atoms. The second kappa shape index (κ2) is 5.31. The van der Waals surface area contributed by atoms with Crippen molar-refractivity contribution in [2.24, 2.45) is 0 Å². The molecule has 0 spiro atoms. The van der Waals surface area contributed by atoms with Gasteiger partial charge in [-0.3, -0.25) is 4.79 Å². The van der Waals surface area contributed by atoms with Gasteiger partial charge >= 0.3 is 0 Å². The first-order valence-electron chi connectivity index (χ1n) is 5.30. The Morgan fingerprint density at radius 2 is 1.83 bits per heavy atom. The number of ketones is 1. The van der Waals surface area contributed by atoms with Crippen molar-refractivity contribution in [3.8, 4) is 11.5 Å². The molecule has 0 aliphatic rings. The molecule has 18 heavy (non-hydrogen) atoms. The molecule has 2 aromatic carbocycles. The van der Waals surface area contributed by atoms with Gasteiger partial charge in [0.2, 0.25) is 0 Å². The molecule has 0 aromatic heterocycles. The number of benzene rings is 2. The Morgan fingerprint density at radius 3 is 2.39 bits per heavy atom. The fourth-order valence-electron chi connectivity index (χ4n) is 1.44. The van der Waals surface area contributed by atoms with E-state index in [1.54, 1.807) is 24.3 Å². The highest BCUT2D eigenvalue weighted by Gasteiger charge is 2.05. The second-order valence-electron chi connectivity index (χ2n) is 3.76. The quantitative estimate of drug-likeness (QED) is 0.776. The van der Waals surface area contributed by atoms with E-state index in [0.29, 0.717) is 21.5 Å². The van der Waals surface area contributed by atoms with Crippen LogP contribution in [0.2, 0.25) is 0 Å². The molecule has 0 saturated heterocycles. The summed E-state index contributed by atoms with van der Waals surface area (Å²) in [7, 11) is 0. The standard InChI is InChI=1S/C14H10BrFO2/c1-9(17)10-2-5-12(6-3-10)18-14-7-4-11(16)8-13(14)15/h2-8H,1H3. The molecule has 0 amide bonds. The van der Waals surface area contributed by atoms with E-state index in [0.717, 1.165) is 0 Å². The van der Waals surface area contributed by atoms with Crippen LogP contribution in [0, 0.1) is 5.82 Å². The first-order chi connectivity index (χ1) is 8.56. The van der Waals surface area contributed by atoms with E-state index in [4.69, 9.17) is 4.74 Å². The fourth-order valence-corrected chi connectivity index (χ4v) is 1.87. The molecule has 0 N–H and O–H groups in total. The number of carbonyl (C=O) groups excluding carboxylic acids is 1. The van der Waals surface area contributed by atoms with Gasteiger partial charge in [0, 0.05) is 5.56 Å². The summed E-state index contributed by atoms with van der Waals surface area (Å²) >= 11 is 3.22. The summed E-state index contributed by atoms with van der Waals surface area (Å²) in [6, 6.07) is 11.0. The van der Waals surface area contributed by atoms with E-state index in [2.05, 4.69) is 15.9 Å². The number of Topliss-reactive ketones (excluding diaryl/α,β-unsaturated/α-hetero) is 1. The van der Waals surface area contributed by atoms with Crippen LogP contribution in [0.4, 0.5) is 4.39 Å². The van der Waals surface area contributed by atoms with E-state index in [9.17, 15) is 9.18 Å². The lowest BCUT2D eigenvalue weighted by Gasteiger charge is -2.08.